The van der Waals surface area contributed by atoms with Crippen LogP contribution in [0.5, 0.6) is 0 Å². The molecule has 216 valence electrons. The minimum Gasteiger partial charge on any atom is -0.550 e. The third kappa shape index (κ3) is 10.0. The first-order chi connectivity index (χ1) is 17.7. The van der Waals surface area contributed by atoms with Crippen molar-refractivity contribution in [3.05, 3.63) is 33.4 Å². The normalized spacial score (nSPS) is 16.2. The molecule has 8 nitrogen and oxygen atoms in total. The molecule has 6 N–H and O–H groups in total. The van der Waals surface area contributed by atoms with E-state index in [-0.39, 0.29) is 24.7 Å². The molecule has 2 aliphatic carbocycles. The maximum Gasteiger partial charge on any atom is 0.307 e. The van der Waals surface area contributed by atoms with Gasteiger partial charge in [0.15, 0.2) is 0 Å². The largest absolute Gasteiger partial charge is 0.550 e. The SMILES string of the molecule is C1CCC([NH2+]C2CCCCC2)CC1.CCc1c(CC(=O)[O-])c(CC)c(CC(=O)O)c(CC)c1CC(=O)O.O. The lowest BCUT2D eigenvalue weighted by Gasteiger charge is -2.27. The Morgan fingerprint density at radius 2 is 0.947 bits per heavy atom. The molecule has 0 bridgehead atoms. The Morgan fingerprint density at radius 1 is 0.632 bits per heavy atom. The van der Waals surface area contributed by atoms with Crippen molar-refractivity contribution in [1.29, 1.82) is 0 Å². The number of carbonyl (C=O) groups excluding carboxylic acids is 1. The van der Waals surface area contributed by atoms with E-state index in [1.54, 1.807) is 0 Å². The van der Waals surface area contributed by atoms with Gasteiger partial charge in [-0.3, -0.25) is 9.59 Å². The van der Waals surface area contributed by atoms with Crippen LogP contribution in [0.4, 0.5) is 0 Å². The van der Waals surface area contributed by atoms with Crippen molar-refractivity contribution in [3.63, 3.8) is 0 Å². The van der Waals surface area contributed by atoms with Crippen LogP contribution >= 0.6 is 0 Å². The first-order valence-electron chi connectivity index (χ1n) is 14.4. The zero-order valence-corrected chi connectivity index (χ0v) is 23.6. The topological polar surface area (TPSA) is 163 Å². The van der Waals surface area contributed by atoms with Crippen molar-refractivity contribution in [3.8, 4) is 0 Å². The highest BCUT2D eigenvalue weighted by Gasteiger charge is 2.24. The highest BCUT2D eigenvalue weighted by molar-refractivity contribution is 5.77. The number of nitrogens with two attached hydrogens (primary N) is 1. The Balaban J connectivity index is 0.000000432. The third-order valence-corrected chi connectivity index (χ3v) is 8.07. The number of carbonyl (C=O) groups is 3. The van der Waals surface area contributed by atoms with Gasteiger partial charge in [0.2, 0.25) is 0 Å². The lowest BCUT2D eigenvalue weighted by molar-refractivity contribution is -0.725. The summed E-state index contributed by atoms with van der Waals surface area (Å²) in [6.07, 6.45) is 15.6. The van der Waals surface area contributed by atoms with Gasteiger partial charge in [0.1, 0.15) is 0 Å². The van der Waals surface area contributed by atoms with E-state index in [2.05, 4.69) is 5.32 Å². The second kappa shape index (κ2) is 17.2. The van der Waals surface area contributed by atoms with E-state index in [4.69, 9.17) is 0 Å². The number of hydrogen-bond acceptors (Lipinski definition) is 4. The van der Waals surface area contributed by atoms with Crippen molar-refractivity contribution < 1.29 is 40.5 Å². The molecule has 0 spiro atoms. The van der Waals surface area contributed by atoms with Gasteiger partial charge in [0.05, 0.1) is 24.9 Å². The van der Waals surface area contributed by atoms with Crippen molar-refractivity contribution in [2.45, 2.75) is 136 Å². The van der Waals surface area contributed by atoms with E-state index in [1.165, 1.54) is 64.2 Å². The van der Waals surface area contributed by atoms with Crippen LogP contribution in [0.3, 0.4) is 0 Å². The van der Waals surface area contributed by atoms with Gasteiger partial charge in [-0.25, -0.2) is 0 Å². The van der Waals surface area contributed by atoms with Gasteiger partial charge in [0, 0.05) is 12.4 Å². The van der Waals surface area contributed by atoms with E-state index < -0.39 is 17.9 Å². The molecule has 0 saturated heterocycles. The summed E-state index contributed by atoms with van der Waals surface area (Å²) in [6, 6.07) is 1.99. The van der Waals surface area contributed by atoms with Crippen LogP contribution in [0, 0.1) is 0 Å². The van der Waals surface area contributed by atoms with Gasteiger partial charge in [-0.2, -0.15) is 0 Å². The molecule has 3 rings (SSSR count). The third-order valence-electron chi connectivity index (χ3n) is 8.07. The van der Waals surface area contributed by atoms with Gasteiger partial charge in [-0.15, -0.1) is 0 Å². The zero-order chi connectivity index (χ0) is 27.4. The van der Waals surface area contributed by atoms with Crippen molar-refractivity contribution >= 4 is 17.9 Å². The standard InChI is InChI=1S/C18H24O6.C12H23N.H2O/c1-4-10-13(7-16(19)20)11(5-2)15(9-18(23)24)12(6-3)14(10)8-17(21)22;1-3-7-11(8-4-1)13-12-9-5-2-6-10-12;/h4-9H2,1-3H3,(H,19,20)(H,21,22)(H,23,24);11-13H,1-10H2;1H2. The van der Waals surface area contributed by atoms with Crippen LogP contribution < -0.4 is 10.4 Å². The fourth-order valence-electron chi connectivity index (χ4n) is 6.50. The van der Waals surface area contributed by atoms with Crippen molar-refractivity contribution in [1.82, 2.24) is 0 Å². The van der Waals surface area contributed by atoms with Crippen molar-refractivity contribution in [2.24, 2.45) is 0 Å². The molecule has 0 aromatic heterocycles. The van der Waals surface area contributed by atoms with E-state index in [0.29, 0.717) is 47.1 Å². The van der Waals surface area contributed by atoms with Gasteiger partial charge in [0.25, 0.3) is 0 Å². The smallest absolute Gasteiger partial charge is 0.307 e. The van der Waals surface area contributed by atoms with Crippen LogP contribution in [0.1, 0.15) is 118 Å². The fourth-order valence-corrected chi connectivity index (χ4v) is 6.50. The number of benzene rings is 1. The van der Waals surface area contributed by atoms with Crippen molar-refractivity contribution in [2.75, 3.05) is 0 Å². The maximum atomic E-state index is 11.3. The maximum absolute atomic E-state index is 11.3. The molecule has 8 heteroatoms. The quantitative estimate of drug-likeness (QED) is 0.394. The van der Waals surface area contributed by atoms with Gasteiger partial charge in [-0.1, -0.05) is 33.6 Å². The summed E-state index contributed by atoms with van der Waals surface area (Å²) in [5, 5.41) is 32.4. The summed E-state index contributed by atoms with van der Waals surface area (Å²) in [4.78, 5) is 33.7. The molecule has 2 saturated carbocycles. The predicted octanol–water partition coefficient (Wildman–Crippen LogP) is 2.31. The lowest BCUT2D eigenvalue weighted by Crippen LogP contribution is -2.95. The highest BCUT2D eigenvalue weighted by atomic mass is 16.4. The number of aliphatic carboxylic acids is 3. The molecule has 2 aliphatic rings. The van der Waals surface area contributed by atoms with Crippen LogP contribution in [0.25, 0.3) is 0 Å². The van der Waals surface area contributed by atoms with E-state index in [0.717, 1.165) is 17.6 Å². The molecule has 0 aliphatic heterocycles. The zero-order valence-electron chi connectivity index (χ0n) is 23.6. The second-order valence-electron chi connectivity index (χ2n) is 10.6. The molecule has 0 radical (unpaired) electrons. The van der Waals surface area contributed by atoms with Gasteiger partial charge in [-0.05, 0) is 104 Å². The molecule has 1 aromatic rings. The minimum absolute atomic E-state index is 0. The summed E-state index contributed by atoms with van der Waals surface area (Å²) in [6.45, 7) is 5.54. The van der Waals surface area contributed by atoms with Crippen LogP contribution in [-0.2, 0) is 52.9 Å². The average Bonchev–Trinajstić information content (AvgIpc) is 2.85. The summed E-state index contributed by atoms with van der Waals surface area (Å²) in [5.74, 6) is -3.31. The second-order valence-corrected chi connectivity index (χ2v) is 10.6. The van der Waals surface area contributed by atoms with Gasteiger partial charge >= 0.3 is 11.9 Å². The molecule has 2 fully saturated rings. The Morgan fingerprint density at radius 3 is 1.21 bits per heavy atom. The molecule has 1 aromatic carbocycles. The lowest BCUT2D eigenvalue weighted by atomic mass is 9.80. The molecule has 0 atom stereocenters. The molecule has 38 heavy (non-hydrogen) atoms. The van der Waals surface area contributed by atoms with Crippen LogP contribution in [0.2, 0.25) is 0 Å². The van der Waals surface area contributed by atoms with Gasteiger partial charge < -0.3 is 30.9 Å². The summed E-state index contributed by atoms with van der Waals surface area (Å²) in [5.41, 5.74) is 3.74. The number of carboxylic acids is 3. The summed E-state index contributed by atoms with van der Waals surface area (Å²) >= 11 is 0. The minimum atomic E-state index is -1.26. The average molecular weight is 536 g/mol. The highest BCUT2D eigenvalue weighted by Crippen LogP contribution is 2.32. The Bertz CT molecular complexity index is 788. The first-order valence-corrected chi connectivity index (χ1v) is 14.4. The number of carboxylic acid groups (broad SMARTS) is 3. The molecular formula is C30H49NO7. The molecular weight excluding hydrogens is 486 g/mol. The first kappa shape index (κ1) is 33.6. The van der Waals surface area contributed by atoms with E-state index in [9.17, 15) is 29.7 Å². The molecule has 0 amide bonds. The number of rotatable bonds is 11. The Kier molecular flexibility index (Phi) is 15.2. The number of hydrogen-bond donors (Lipinski definition) is 3. The Hall–Kier alpha value is -2.45. The molecule has 0 unspecified atom stereocenters. The van der Waals surface area contributed by atoms with E-state index in [1.807, 2.05) is 20.8 Å². The van der Waals surface area contributed by atoms with Crippen LogP contribution in [-0.4, -0.2) is 45.7 Å². The fraction of sp³-hybridized carbons (Fsp3) is 0.700. The summed E-state index contributed by atoms with van der Waals surface area (Å²) in [7, 11) is 0. The predicted molar refractivity (Wildman–Crippen MR) is 145 cm³/mol. The monoisotopic (exact) mass is 535 g/mol. The van der Waals surface area contributed by atoms with Crippen LogP contribution in [0.15, 0.2) is 0 Å². The van der Waals surface area contributed by atoms with E-state index >= 15 is 0 Å². The molecule has 0 heterocycles. The Labute approximate surface area is 227 Å². The summed E-state index contributed by atoms with van der Waals surface area (Å²) < 4.78 is 0. The number of quaternary nitrogens is 1.